The third kappa shape index (κ3) is 4.92. The van der Waals surface area contributed by atoms with Crippen molar-refractivity contribution in [2.45, 2.75) is 20.8 Å². The second-order valence-electron chi connectivity index (χ2n) is 6.03. The lowest BCUT2D eigenvalue weighted by Gasteiger charge is -2.10. The number of amides is 1. The first-order valence-corrected chi connectivity index (χ1v) is 8.07. The zero-order valence-corrected chi connectivity index (χ0v) is 15.0. The first-order valence-electron chi connectivity index (χ1n) is 8.07. The molecule has 136 valence electrons. The fourth-order valence-corrected chi connectivity index (χ4v) is 2.39. The molecule has 0 aliphatic heterocycles. The van der Waals surface area contributed by atoms with Gasteiger partial charge < -0.3 is 15.2 Å². The van der Waals surface area contributed by atoms with Crippen LogP contribution in [-0.2, 0) is 9.53 Å². The van der Waals surface area contributed by atoms with E-state index in [1.165, 1.54) is 24.3 Å². The molecule has 6 nitrogen and oxygen atoms in total. The van der Waals surface area contributed by atoms with Gasteiger partial charge in [0.2, 0.25) is 5.78 Å². The maximum absolute atomic E-state index is 12.3. The summed E-state index contributed by atoms with van der Waals surface area (Å²) in [6.45, 7) is 5.19. The van der Waals surface area contributed by atoms with E-state index in [2.05, 4.69) is 0 Å². The van der Waals surface area contributed by atoms with Crippen LogP contribution >= 0.6 is 0 Å². The van der Waals surface area contributed by atoms with E-state index in [4.69, 9.17) is 15.2 Å². The van der Waals surface area contributed by atoms with Crippen molar-refractivity contribution in [3.8, 4) is 5.75 Å². The average Bonchev–Trinajstić information content (AvgIpc) is 2.61. The monoisotopic (exact) mass is 355 g/mol. The minimum atomic E-state index is -0.610. The number of benzene rings is 2. The number of hydrogen-bond acceptors (Lipinski definition) is 5. The minimum absolute atomic E-state index is 0.242. The molecule has 0 unspecified atom stereocenters. The molecule has 0 spiro atoms. The zero-order valence-electron chi connectivity index (χ0n) is 15.0. The summed E-state index contributed by atoms with van der Waals surface area (Å²) in [7, 11) is 0. The van der Waals surface area contributed by atoms with Gasteiger partial charge in [0, 0.05) is 5.56 Å². The lowest BCUT2D eigenvalue weighted by molar-refractivity contribution is -0.119. The Balaban J connectivity index is 1.97. The standard InChI is InChI=1S/C20H21NO5/c1-12-8-14(3)17(9-13(12)2)18(22)10-26-20(24)15-4-6-16(7-5-15)25-11-19(21)23/h4-9H,10-11H2,1-3H3,(H2,21,23). The fraction of sp³-hybridized carbons (Fsp3) is 0.250. The summed E-state index contributed by atoms with van der Waals surface area (Å²) in [4.78, 5) is 35.1. The van der Waals surface area contributed by atoms with Crippen molar-refractivity contribution in [1.82, 2.24) is 0 Å². The molecule has 26 heavy (non-hydrogen) atoms. The van der Waals surface area contributed by atoms with Gasteiger partial charge in [0.05, 0.1) is 5.56 Å². The van der Waals surface area contributed by atoms with E-state index < -0.39 is 11.9 Å². The second kappa shape index (κ2) is 8.29. The molecular formula is C20H21NO5. The molecule has 6 heteroatoms. The van der Waals surface area contributed by atoms with Crippen LogP contribution < -0.4 is 10.5 Å². The van der Waals surface area contributed by atoms with Gasteiger partial charge in [0.15, 0.2) is 13.2 Å². The number of rotatable bonds is 7. The van der Waals surface area contributed by atoms with Crippen LogP contribution in [0.25, 0.3) is 0 Å². The Bertz CT molecular complexity index is 840. The number of esters is 1. The molecular weight excluding hydrogens is 334 g/mol. The third-order valence-electron chi connectivity index (χ3n) is 3.95. The first kappa shape index (κ1) is 19.2. The highest BCUT2D eigenvalue weighted by Gasteiger charge is 2.14. The predicted octanol–water partition coefficient (Wildman–Crippen LogP) is 2.52. The number of carbonyl (C=O) groups excluding carboxylic acids is 3. The average molecular weight is 355 g/mol. The second-order valence-corrected chi connectivity index (χ2v) is 6.03. The Morgan fingerprint density at radius 1 is 0.885 bits per heavy atom. The van der Waals surface area contributed by atoms with Crippen molar-refractivity contribution in [1.29, 1.82) is 0 Å². The predicted molar refractivity (Wildman–Crippen MR) is 96.4 cm³/mol. The van der Waals surface area contributed by atoms with E-state index in [0.717, 1.165) is 16.7 Å². The molecule has 1 amide bonds. The Kier molecular flexibility index (Phi) is 6.11. The molecule has 0 aliphatic rings. The molecule has 0 aromatic heterocycles. The number of hydrogen-bond donors (Lipinski definition) is 1. The number of aryl methyl sites for hydroxylation is 3. The number of ketones is 1. The summed E-state index contributed by atoms with van der Waals surface area (Å²) >= 11 is 0. The Morgan fingerprint density at radius 3 is 2.12 bits per heavy atom. The molecule has 0 atom stereocenters. The molecule has 0 saturated heterocycles. The third-order valence-corrected chi connectivity index (χ3v) is 3.95. The van der Waals surface area contributed by atoms with E-state index in [-0.39, 0.29) is 24.6 Å². The summed E-state index contributed by atoms with van der Waals surface area (Å²) < 4.78 is 10.2. The van der Waals surface area contributed by atoms with E-state index in [1.54, 1.807) is 0 Å². The van der Waals surface area contributed by atoms with Gasteiger partial charge in [0.1, 0.15) is 5.75 Å². The number of carbonyl (C=O) groups is 3. The molecule has 2 rings (SSSR count). The quantitative estimate of drug-likeness (QED) is 0.608. The summed E-state index contributed by atoms with van der Waals surface area (Å²) in [6, 6.07) is 9.78. The van der Waals surface area contributed by atoms with Crippen LogP contribution in [0.5, 0.6) is 5.75 Å². The van der Waals surface area contributed by atoms with Gasteiger partial charge in [-0.1, -0.05) is 6.07 Å². The number of ether oxygens (including phenoxy) is 2. The van der Waals surface area contributed by atoms with Crippen LogP contribution in [0.4, 0.5) is 0 Å². The summed E-state index contributed by atoms with van der Waals surface area (Å²) in [5, 5.41) is 0. The van der Waals surface area contributed by atoms with Crippen LogP contribution in [0, 0.1) is 20.8 Å². The van der Waals surface area contributed by atoms with Crippen LogP contribution in [0.2, 0.25) is 0 Å². The number of primary amides is 1. The van der Waals surface area contributed by atoms with Crippen molar-refractivity contribution in [3.63, 3.8) is 0 Å². The molecule has 0 saturated carbocycles. The smallest absolute Gasteiger partial charge is 0.338 e. The molecule has 2 aromatic rings. The zero-order chi connectivity index (χ0) is 19.3. The molecule has 2 aromatic carbocycles. The van der Waals surface area contributed by atoms with E-state index in [1.807, 2.05) is 32.9 Å². The van der Waals surface area contributed by atoms with Gasteiger partial charge in [-0.15, -0.1) is 0 Å². The summed E-state index contributed by atoms with van der Waals surface area (Å²) in [5.74, 6) is -1.04. The Labute approximate surface area is 151 Å². The summed E-state index contributed by atoms with van der Waals surface area (Å²) in [6.07, 6.45) is 0. The largest absolute Gasteiger partial charge is 0.484 e. The summed E-state index contributed by atoms with van der Waals surface area (Å²) in [5.41, 5.74) is 8.79. The van der Waals surface area contributed by atoms with E-state index in [0.29, 0.717) is 11.3 Å². The van der Waals surface area contributed by atoms with Crippen molar-refractivity contribution in [2.24, 2.45) is 5.73 Å². The minimum Gasteiger partial charge on any atom is -0.484 e. The fourth-order valence-electron chi connectivity index (χ4n) is 2.39. The van der Waals surface area contributed by atoms with Gasteiger partial charge in [-0.3, -0.25) is 9.59 Å². The van der Waals surface area contributed by atoms with Crippen molar-refractivity contribution in [3.05, 3.63) is 64.2 Å². The molecule has 0 heterocycles. The van der Waals surface area contributed by atoms with Crippen molar-refractivity contribution >= 4 is 17.7 Å². The van der Waals surface area contributed by atoms with Crippen LogP contribution in [-0.4, -0.2) is 30.9 Å². The molecule has 0 fully saturated rings. The maximum Gasteiger partial charge on any atom is 0.338 e. The highest BCUT2D eigenvalue weighted by Crippen LogP contribution is 2.17. The maximum atomic E-state index is 12.3. The van der Waals surface area contributed by atoms with Crippen LogP contribution in [0.15, 0.2) is 36.4 Å². The normalized spacial score (nSPS) is 10.3. The van der Waals surface area contributed by atoms with Gasteiger partial charge in [0.25, 0.3) is 5.91 Å². The number of Topliss-reactive ketones (excluding diaryl/α,β-unsaturated/α-hetero) is 1. The van der Waals surface area contributed by atoms with E-state index >= 15 is 0 Å². The lowest BCUT2D eigenvalue weighted by atomic mass is 9.98. The van der Waals surface area contributed by atoms with Crippen molar-refractivity contribution < 1.29 is 23.9 Å². The molecule has 0 bridgehead atoms. The first-order chi connectivity index (χ1) is 12.3. The van der Waals surface area contributed by atoms with Crippen LogP contribution in [0.1, 0.15) is 37.4 Å². The molecule has 0 radical (unpaired) electrons. The van der Waals surface area contributed by atoms with Crippen LogP contribution in [0.3, 0.4) is 0 Å². The number of nitrogens with two attached hydrogens (primary N) is 1. The Morgan fingerprint density at radius 2 is 1.50 bits per heavy atom. The highest BCUT2D eigenvalue weighted by atomic mass is 16.5. The SMILES string of the molecule is Cc1cc(C)c(C(=O)COC(=O)c2ccc(OCC(N)=O)cc2)cc1C. The van der Waals surface area contributed by atoms with Crippen molar-refractivity contribution in [2.75, 3.05) is 13.2 Å². The Hall–Kier alpha value is -3.15. The molecule has 2 N–H and O–H groups in total. The van der Waals surface area contributed by atoms with Gasteiger partial charge in [-0.05, 0) is 67.8 Å². The van der Waals surface area contributed by atoms with Gasteiger partial charge >= 0.3 is 5.97 Å². The lowest BCUT2D eigenvalue weighted by Crippen LogP contribution is -2.20. The van der Waals surface area contributed by atoms with Gasteiger partial charge in [-0.25, -0.2) is 4.79 Å². The topological polar surface area (TPSA) is 95.7 Å². The van der Waals surface area contributed by atoms with Gasteiger partial charge in [-0.2, -0.15) is 0 Å². The highest BCUT2D eigenvalue weighted by molar-refractivity contribution is 6.00. The molecule has 0 aliphatic carbocycles. The van der Waals surface area contributed by atoms with E-state index in [9.17, 15) is 14.4 Å².